The largest absolute Gasteiger partial charge is 0.466 e. The first-order valence-electron chi connectivity index (χ1n) is 8.34. The van der Waals surface area contributed by atoms with Crippen molar-refractivity contribution in [1.29, 1.82) is 0 Å². The van der Waals surface area contributed by atoms with Gasteiger partial charge in [-0.1, -0.05) is 17.7 Å². The zero-order valence-electron chi connectivity index (χ0n) is 14.0. The third-order valence-corrected chi connectivity index (χ3v) is 4.12. The zero-order chi connectivity index (χ0) is 16.7. The number of amides is 1. The molecule has 1 aromatic rings. The Morgan fingerprint density at radius 2 is 2.04 bits per heavy atom. The molecule has 1 heterocycles. The second-order valence-corrected chi connectivity index (χ2v) is 6.06. The van der Waals surface area contributed by atoms with E-state index in [1.165, 1.54) is 5.56 Å². The van der Waals surface area contributed by atoms with Crippen LogP contribution in [0.25, 0.3) is 0 Å². The number of hydrogen-bond donors (Lipinski definition) is 1. The van der Waals surface area contributed by atoms with Crippen LogP contribution in [0.1, 0.15) is 31.7 Å². The summed E-state index contributed by atoms with van der Waals surface area (Å²) in [6.45, 7) is 6.57. The predicted octanol–water partition coefficient (Wildman–Crippen LogP) is 2.60. The Kier molecular flexibility index (Phi) is 6.59. The number of nitrogens with zero attached hydrogens (tertiary/aromatic N) is 1. The van der Waals surface area contributed by atoms with Crippen LogP contribution in [0.15, 0.2) is 24.3 Å². The van der Waals surface area contributed by atoms with Crippen LogP contribution in [-0.2, 0) is 14.3 Å². The summed E-state index contributed by atoms with van der Waals surface area (Å²) in [6.07, 6.45) is 2.29. The van der Waals surface area contributed by atoms with E-state index in [1.807, 2.05) is 38.1 Å². The summed E-state index contributed by atoms with van der Waals surface area (Å²) in [5.41, 5.74) is 1.99. The number of ether oxygens (including phenoxy) is 1. The number of aryl methyl sites for hydroxylation is 1. The topological polar surface area (TPSA) is 58.6 Å². The molecule has 0 spiro atoms. The lowest BCUT2D eigenvalue weighted by molar-refractivity contribution is -0.149. The summed E-state index contributed by atoms with van der Waals surface area (Å²) in [6, 6.07) is 7.77. The molecule has 0 bridgehead atoms. The molecule has 2 rings (SSSR count). The molecule has 0 aromatic heterocycles. The monoisotopic (exact) mass is 318 g/mol. The highest BCUT2D eigenvalue weighted by Gasteiger charge is 2.26. The summed E-state index contributed by atoms with van der Waals surface area (Å²) in [5.74, 6) is -0.155. The summed E-state index contributed by atoms with van der Waals surface area (Å²) in [4.78, 5) is 26.0. The Morgan fingerprint density at radius 1 is 1.30 bits per heavy atom. The molecule has 126 valence electrons. The van der Waals surface area contributed by atoms with E-state index in [-0.39, 0.29) is 17.8 Å². The van der Waals surface area contributed by atoms with Crippen LogP contribution in [0.3, 0.4) is 0 Å². The Balaban J connectivity index is 1.75. The minimum absolute atomic E-state index is 0.00658. The fraction of sp³-hybridized carbons (Fsp3) is 0.556. The number of anilines is 1. The van der Waals surface area contributed by atoms with Gasteiger partial charge in [-0.15, -0.1) is 0 Å². The molecule has 0 aliphatic carbocycles. The maximum atomic E-state index is 12.0. The van der Waals surface area contributed by atoms with E-state index in [0.717, 1.165) is 25.1 Å². The predicted molar refractivity (Wildman–Crippen MR) is 90.2 cm³/mol. The lowest BCUT2D eigenvalue weighted by Gasteiger charge is -2.31. The first kappa shape index (κ1) is 17.5. The molecule has 5 nitrogen and oxygen atoms in total. The molecular formula is C18H26N2O3. The lowest BCUT2D eigenvalue weighted by atomic mass is 9.98. The van der Waals surface area contributed by atoms with E-state index in [9.17, 15) is 9.59 Å². The number of esters is 1. The molecule has 1 atom stereocenters. The number of hydrogen-bond acceptors (Lipinski definition) is 4. The molecule has 1 N–H and O–H groups in total. The molecule has 1 amide bonds. The Bertz CT molecular complexity index is 528. The van der Waals surface area contributed by atoms with Gasteiger partial charge in [-0.25, -0.2) is 0 Å². The smallest absolute Gasteiger partial charge is 0.310 e. The molecular weight excluding hydrogens is 292 g/mol. The van der Waals surface area contributed by atoms with Crippen molar-refractivity contribution in [3.05, 3.63) is 29.8 Å². The molecule has 0 radical (unpaired) electrons. The standard InChI is InChI=1S/C18H26N2O3/c1-3-23-18(22)15-5-4-11-20(13-15)12-10-17(21)19-16-8-6-14(2)7-9-16/h6-9,15H,3-5,10-13H2,1-2H3,(H,19,21)/t15-/m1/s1. The number of carbonyl (C=O) groups excluding carboxylic acids is 2. The van der Waals surface area contributed by atoms with Crippen molar-refractivity contribution < 1.29 is 14.3 Å². The van der Waals surface area contributed by atoms with E-state index < -0.39 is 0 Å². The van der Waals surface area contributed by atoms with Gasteiger partial charge in [0.25, 0.3) is 0 Å². The van der Waals surface area contributed by atoms with Gasteiger partial charge in [0.05, 0.1) is 12.5 Å². The van der Waals surface area contributed by atoms with Gasteiger partial charge in [0.2, 0.25) is 5.91 Å². The maximum absolute atomic E-state index is 12.0. The number of likely N-dealkylation sites (tertiary alicyclic amines) is 1. The Hall–Kier alpha value is -1.88. The molecule has 1 fully saturated rings. The number of piperidine rings is 1. The minimum Gasteiger partial charge on any atom is -0.466 e. The van der Waals surface area contributed by atoms with E-state index >= 15 is 0 Å². The van der Waals surface area contributed by atoms with E-state index in [2.05, 4.69) is 10.2 Å². The highest BCUT2D eigenvalue weighted by Crippen LogP contribution is 2.18. The van der Waals surface area contributed by atoms with Crippen LogP contribution < -0.4 is 5.32 Å². The average Bonchev–Trinajstić information content (AvgIpc) is 2.56. The third-order valence-electron chi connectivity index (χ3n) is 4.12. The van der Waals surface area contributed by atoms with Gasteiger partial charge in [0.15, 0.2) is 0 Å². The molecule has 1 saturated heterocycles. The SMILES string of the molecule is CCOC(=O)[C@@H]1CCCN(CCC(=O)Nc2ccc(C)cc2)C1. The summed E-state index contributed by atoms with van der Waals surface area (Å²) >= 11 is 0. The summed E-state index contributed by atoms with van der Waals surface area (Å²) in [5, 5.41) is 2.91. The van der Waals surface area contributed by atoms with Crippen LogP contribution >= 0.6 is 0 Å². The fourth-order valence-electron chi connectivity index (χ4n) is 2.83. The average molecular weight is 318 g/mol. The van der Waals surface area contributed by atoms with Gasteiger partial charge in [-0.3, -0.25) is 9.59 Å². The first-order chi connectivity index (χ1) is 11.1. The normalized spacial score (nSPS) is 18.4. The van der Waals surface area contributed by atoms with Gasteiger partial charge in [-0.2, -0.15) is 0 Å². The van der Waals surface area contributed by atoms with E-state index in [1.54, 1.807) is 0 Å². The minimum atomic E-state index is -0.110. The van der Waals surface area contributed by atoms with Gasteiger partial charge < -0.3 is 15.0 Å². The molecule has 5 heteroatoms. The van der Waals surface area contributed by atoms with Gasteiger partial charge in [-0.05, 0) is 45.4 Å². The van der Waals surface area contributed by atoms with Crippen molar-refractivity contribution in [2.75, 3.05) is 31.6 Å². The number of nitrogens with one attached hydrogen (secondary N) is 1. The number of rotatable bonds is 6. The molecule has 0 saturated carbocycles. The van der Waals surface area contributed by atoms with Crippen LogP contribution in [-0.4, -0.2) is 43.0 Å². The van der Waals surface area contributed by atoms with Crippen molar-refractivity contribution in [3.63, 3.8) is 0 Å². The molecule has 23 heavy (non-hydrogen) atoms. The van der Waals surface area contributed by atoms with Crippen molar-refractivity contribution in [3.8, 4) is 0 Å². The van der Waals surface area contributed by atoms with Crippen LogP contribution in [0, 0.1) is 12.8 Å². The van der Waals surface area contributed by atoms with Crippen molar-refractivity contribution in [2.45, 2.75) is 33.1 Å². The quantitative estimate of drug-likeness (QED) is 0.819. The van der Waals surface area contributed by atoms with Gasteiger partial charge in [0, 0.05) is 25.2 Å². The Labute approximate surface area is 138 Å². The number of benzene rings is 1. The molecule has 1 aromatic carbocycles. The highest BCUT2D eigenvalue weighted by atomic mass is 16.5. The molecule has 1 aliphatic heterocycles. The maximum Gasteiger partial charge on any atom is 0.310 e. The van der Waals surface area contributed by atoms with Crippen LogP contribution in [0.2, 0.25) is 0 Å². The van der Waals surface area contributed by atoms with Crippen LogP contribution in [0.4, 0.5) is 5.69 Å². The second-order valence-electron chi connectivity index (χ2n) is 6.06. The Morgan fingerprint density at radius 3 is 2.74 bits per heavy atom. The van der Waals surface area contributed by atoms with Crippen molar-refractivity contribution in [2.24, 2.45) is 5.92 Å². The number of carbonyl (C=O) groups is 2. The first-order valence-corrected chi connectivity index (χ1v) is 8.34. The second kappa shape index (κ2) is 8.67. The van der Waals surface area contributed by atoms with Crippen LogP contribution in [0.5, 0.6) is 0 Å². The van der Waals surface area contributed by atoms with Crippen molar-refractivity contribution in [1.82, 2.24) is 4.90 Å². The fourth-order valence-corrected chi connectivity index (χ4v) is 2.83. The van der Waals surface area contributed by atoms with Gasteiger partial charge >= 0.3 is 5.97 Å². The summed E-state index contributed by atoms with van der Waals surface area (Å²) in [7, 11) is 0. The molecule has 0 unspecified atom stereocenters. The summed E-state index contributed by atoms with van der Waals surface area (Å²) < 4.78 is 5.10. The van der Waals surface area contributed by atoms with Gasteiger partial charge in [0.1, 0.15) is 0 Å². The van der Waals surface area contributed by atoms with E-state index in [0.29, 0.717) is 26.1 Å². The van der Waals surface area contributed by atoms with E-state index in [4.69, 9.17) is 4.74 Å². The highest BCUT2D eigenvalue weighted by molar-refractivity contribution is 5.90. The zero-order valence-corrected chi connectivity index (χ0v) is 14.0. The van der Waals surface area contributed by atoms with Crippen molar-refractivity contribution >= 4 is 17.6 Å². The lowest BCUT2D eigenvalue weighted by Crippen LogP contribution is -2.40. The molecule has 1 aliphatic rings. The third kappa shape index (κ3) is 5.67.